The Bertz CT molecular complexity index is 294. The number of piperazine rings is 1. The highest BCUT2D eigenvalue weighted by Gasteiger charge is 2.29. The second-order valence-electron chi connectivity index (χ2n) is 5.56. The van der Waals surface area contributed by atoms with Crippen molar-refractivity contribution in [2.75, 3.05) is 33.3 Å². The SMILES string of the molecule is COC1CCCC(N2CCN(C(C)C#N)CC2)C1. The van der Waals surface area contributed by atoms with E-state index < -0.39 is 0 Å². The van der Waals surface area contributed by atoms with Crippen LogP contribution in [0, 0.1) is 11.3 Å². The molecule has 3 unspecified atom stereocenters. The first-order valence-corrected chi connectivity index (χ1v) is 7.15. The molecule has 1 heterocycles. The number of ether oxygens (including phenoxy) is 1. The summed E-state index contributed by atoms with van der Waals surface area (Å²) in [6.45, 7) is 6.27. The molecule has 2 fully saturated rings. The summed E-state index contributed by atoms with van der Waals surface area (Å²) in [5.74, 6) is 0. The zero-order valence-corrected chi connectivity index (χ0v) is 11.6. The van der Waals surface area contributed by atoms with Crippen molar-refractivity contribution in [2.24, 2.45) is 0 Å². The van der Waals surface area contributed by atoms with E-state index in [0.29, 0.717) is 12.1 Å². The molecule has 3 atom stereocenters. The van der Waals surface area contributed by atoms with Crippen molar-refractivity contribution in [3.05, 3.63) is 0 Å². The van der Waals surface area contributed by atoms with E-state index in [-0.39, 0.29) is 6.04 Å². The lowest BCUT2D eigenvalue weighted by molar-refractivity contribution is 0.00953. The molecule has 1 aliphatic carbocycles. The molecule has 4 heteroatoms. The number of nitrogens with zero attached hydrogens (tertiary/aromatic N) is 3. The lowest BCUT2D eigenvalue weighted by Crippen LogP contribution is -2.53. The fourth-order valence-corrected chi connectivity index (χ4v) is 3.24. The van der Waals surface area contributed by atoms with Gasteiger partial charge in [-0.2, -0.15) is 5.26 Å². The van der Waals surface area contributed by atoms with E-state index in [1.807, 2.05) is 14.0 Å². The minimum absolute atomic E-state index is 0.0604. The van der Waals surface area contributed by atoms with Gasteiger partial charge in [0, 0.05) is 39.3 Å². The molecule has 0 N–H and O–H groups in total. The Hall–Kier alpha value is -0.630. The Morgan fingerprint density at radius 3 is 2.56 bits per heavy atom. The smallest absolute Gasteiger partial charge is 0.0950 e. The van der Waals surface area contributed by atoms with Crippen LogP contribution in [0.1, 0.15) is 32.6 Å². The summed E-state index contributed by atoms with van der Waals surface area (Å²) in [6, 6.07) is 3.09. The second kappa shape index (κ2) is 6.51. The molecule has 0 amide bonds. The Labute approximate surface area is 110 Å². The summed E-state index contributed by atoms with van der Waals surface area (Å²) in [5.41, 5.74) is 0. The van der Waals surface area contributed by atoms with E-state index in [2.05, 4.69) is 15.9 Å². The predicted molar refractivity (Wildman–Crippen MR) is 71.3 cm³/mol. The van der Waals surface area contributed by atoms with Gasteiger partial charge in [-0.25, -0.2) is 0 Å². The largest absolute Gasteiger partial charge is 0.381 e. The van der Waals surface area contributed by atoms with E-state index in [1.165, 1.54) is 25.7 Å². The highest BCUT2D eigenvalue weighted by molar-refractivity contribution is 4.92. The third-order valence-electron chi connectivity index (χ3n) is 4.53. The maximum atomic E-state index is 8.95. The van der Waals surface area contributed by atoms with Crippen LogP contribution in [0.2, 0.25) is 0 Å². The van der Waals surface area contributed by atoms with E-state index in [9.17, 15) is 0 Å². The van der Waals surface area contributed by atoms with Gasteiger partial charge in [0.05, 0.1) is 18.2 Å². The van der Waals surface area contributed by atoms with Crippen molar-refractivity contribution in [3.8, 4) is 6.07 Å². The van der Waals surface area contributed by atoms with Crippen LogP contribution in [0.3, 0.4) is 0 Å². The molecule has 1 saturated heterocycles. The van der Waals surface area contributed by atoms with Gasteiger partial charge in [-0.15, -0.1) is 0 Å². The molecule has 0 radical (unpaired) electrons. The molecule has 0 aromatic carbocycles. The van der Waals surface area contributed by atoms with Crippen molar-refractivity contribution in [3.63, 3.8) is 0 Å². The van der Waals surface area contributed by atoms with Crippen molar-refractivity contribution in [1.82, 2.24) is 9.80 Å². The molecule has 102 valence electrons. The molecule has 0 aromatic rings. The fraction of sp³-hybridized carbons (Fsp3) is 0.929. The Kier molecular flexibility index (Phi) is 4.99. The Balaban J connectivity index is 1.80. The summed E-state index contributed by atoms with van der Waals surface area (Å²) in [7, 11) is 1.83. The maximum absolute atomic E-state index is 8.95. The average molecular weight is 251 g/mol. The Morgan fingerprint density at radius 1 is 1.22 bits per heavy atom. The van der Waals surface area contributed by atoms with E-state index in [4.69, 9.17) is 10.00 Å². The summed E-state index contributed by atoms with van der Waals surface area (Å²) in [5, 5.41) is 8.95. The van der Waals surface area contributed by atoms with Crippen LogP contribution in [0.5, 0.6) is 0 Å². The molecule has 0 aromatic heterocycles. The molecule has 0 spiro atoms. The van der Waals surface area contributed by atoms with Gasteiger partial charge in [-0.1, -0.05) is 0 Å². The van der Waals surface area contributed by atoms with Gasteiger partial charge in [0.1, 0.15) is 0 Å². The fourth-order valence-electron chi connectivity index (χ4n) is 3.24. The number of rotatable bonds is 3. The van der Waals surface area contributed by atoms with Gasteiger partial charge in [0.25, 0.3) is 0 Å². The normalized spacial score (nSPS) is 32.9. The lowest BCUT2D eigenvalue weighted by Gasteiger charge is -2.42. The topological polar surface area (TPSA) is 39.5 Å². The van der Waals surface area contributed by atoms with Gasteiger partial charge >= 0.3 is 0 Å². The van der Waals surface area contributed by atoms with Gasteiger partial charge < -0.3 is 4.74 Å². The molecule has 2 aliphatic rings. The molecule has 1 aliphatic heterocycles. The van der Waals surface area contributed by atoms with Crippen LogP contribution >= 0.6 is 0 Å². The standard InChI is InChI=1S/C14H25N3O/c1-12(11-15)16-6-8-17(9-7-16)13-4-3-5-14(10-13)18-2/h12-14H,3-10H2,1-2H3. The van der Waals surface area contributed by atoms with Gasteiger partial charge in [-0.3, -0.25) is 9.80 Å². The van der Waals surface area contributed by atoms with Gasteiger partial charge in [0.15, 0.2) is 0 Å². The lowest BCUT2D eigenvalue weighted by atomic mass is 9.91. The third-order valence-corrected chi connectivity index (χ3v) is 4.53. The van der Waals surface area contributed by atoms with Crippen molar-refractivity contribution < 1.29 is 4.74 Å². The van der Waals surface area contributed by atoms with E-state index >= 15 is 0 Å². The number of nitriles is 1. The second-order valence-corrected chi connectivity index (χ2v) is 5.56. The molecular formula is C14H25N3O. The minimum Gasteiger partial charge on any atom is -0.381 e. The molecule has 18 heavy (non-hydrogen) atoms. The number of hydrogen-bond acceptors (Lipinski definition) is 4. The first-order chi connectivity index (χ1) is 8.74. The summed E-state index contributed by atoms with van der Waals surface area (Å²) in [4.78, 5) is 4.89. The molecule has 0 bridgehead atoms. The highest BCUT2D eigenvalue weighted by Crippen LogP contribution is 2.25. The monoisotopic (exact) mass is 251 g/mol. The van der Waals surface area contributed by atoms with Crippen LogP contribution in [-0.2, 0) is 4.74 Å². The van der Waals surface area contributed by atoms with Crippen molar-refractivity contribution in [1.29, 1.82) is 5.26 Å². The average Bonchev–Trinajstić information content (AvgIpc) is 2.46. The van der Waals surface area contributed by atoms with Crippen LogP contribution in [0.4, 0.5) is 0 Å². The molecule has 1 saturated carbocycles. The maximum Gasteiger partial charge on any atom is 0.0950 e. The summed E-state index contributed by atoms with van der Waals surface area (Å²) in [6.07, 6.45) is 5.47. The van der Waals surface area contributed by atoms with Crippen LogP contribution in [0.25, 0.3) is 0 Å². The quantitative estimate of drug-likeness (QED) is 0.761. The highest BCUT2D eigenvalue weighted by atomic mass is 16.5. The zero-order chi connectivity index (χ0) is 13.0. The van der Waals surface area contributed by atoms with Crippen LogP contribution in [0.15, 0.2) is 0 Å². The van der Waals surface area contributed by atoms with Crippen molar-refractivity contribution in [2.45, 2.75) is 50.8 Å². The van der Waals surface area contributed by atoms with E-state index in [0.717, 1.165) is 26.2 Å². The first-order valence-electron chi connectivity index (χ1n) is 7.15. The van der Waals surface area contributed by atoms with Gasteiger partial charge in [0.2, 0.25) is 0 Å². The number of methoxy groups -OCH3 is 1. The number of hydrogen-bond donors (Lipinski definition) is 0. The zero-order valence-electron chi connectivity index (χ0n) is 11.6. The summed E-state index contributed by atoms with van der Waals surface area (Å²) < 4.78 is 5.51. The third kappa shape index (κ3) is 3.23. The predicted octanol–water partition coefficient (Wildman–Crippen LogP) is 1.47. The van der Waals surface area contributed by atoms with Crippen LogP contribution < -0.4 is 0 Å². The molecular weight excluding hydrogens is 226 g/mol. The van der Waals surface area contributed by atoms with Crippen LogP contribution in [-0.4, -0.2) is 61.3 Å². The molecule has 4 nitrogen and oxygen atoms in total. The van der Waals surface area contributed by atoms with Gasteiger partial charge in [-0.05, 0) is 32.6 Å². The summed E-state index contributed by atoms with van der Waals surface area (Å²) >= 11 is 0. The molecule has 2 rings (SSSR count). The Morgan fingerprint density at radius 2 is 1.94 bits per heavy atom. The van der Waals surface area contributed by atoms with E-state index in [1.54, 1.807) is 0 Å². The first kappa shape index (κ1) is 13.8. The minimum atomic E-state index is 0.0604. The van der Waals surface area contributed by atoms with Crippen molar-refractivity contribution >= 4 is 0 Å².